The van der Waals surface area contributed by atoms with Gasteiger partial charge in [0.05, 0.1) is 5.69 Å². The summed E-state index contributed by atoms with van der Waals surface area (Å²) in [7, 11) is -1.21. The predicted octanol–water partition coefficient (Wildman–Crippen LogP) is 4.47. The third-order valence-corrected chi connectivity index (χ3v) is 9.07. The fourth-order valence-electron chi connectivity index (χ4n) is 4.45. The maximum absolute atomic E-state index is 13.9. The van der Waals surface area contributed by atoms with Crippen molar-refractivity contribution in [3.63, 3.8) is 0 Å². The summed E-state index contributed by atoms with van der Waals surface area (Å²) in [6.07, 6.45) is 4.23. The zero-order valence-electron chi connectivity index (χ0n) is 21.4. The fourth-order valence-corrected chi connectivity index (χ4v) is 6.02. The second kappa shape index (κ2) is 13.0. The number of benzene rings is 2. The van der Waals surface area contributed by atoms with Gasteiger partial charge in [0.25, 0.3) is 0 Å². The number of nitrogens with one attached hydrogen (secondary N) is 1. The second-order valence-electron chi connectivity index (χ2n) is 9.27. The first-order valence-electron chi connectivity index (χ1n) is 12.3. The molecule has 0 radical (unpaired) electrons. The third kappa shape index (κ3) is 7.16. The molecule has 1 fully saturated rings. The van der Waals surface area contributed by atoms with Crippen LogP contribution in [0.1, 0.15) is 44.6 Å². The van der Waals surface area contributed by atoms with Gasteiger partial charge in [0.1, 0.15) is 12.6 Å². The molecular formula is C26H34Cl2N4O4S. The lowest BCUT2D eigenvalue weighted by molar-refractivity contribution is -0.140. The topological polar surface area (TPSA) is 90.0 Å². The number of anilines is 1. The van der Waals surface area contributed by atoms with Gasteiger partial charge in [0.2, 0.25) is 11.8 Å². The molecule has 2 aromatic rings. The fraction of sp³-hybridized carbons (Fsp3) is 0.462. The molecule has 1 aliphatic carbocycles. The van der Waals surface area contributed by atoms with Gasteiger partial charge in [-0.1, -0.05) is 67.2 Å². The zero-order chi connectivity index (χ0) is 27.2. The Kier molecular flexibility index (Phi) is 10.2. The number of hydrogen-bond donors (Lipinski definition) is 1. The van der Waals surface area contributed by atoms with Crippen molar-refractivity contribution in [2.24, 2.45) is 0 Å². The minimum Gasteiger partial charge on any atom is -0.352 e. The molecule has 0 heterocycles. The van der Waals surface area contributed by atoms with E-state index in [9.17, 15) is 18.0 Å². The summed E-state index contributed by atoms with van der Waals surface area (Å²) < 4.78 is 28.5. The molecule has 2 amide bonds. The molecule has 0 aromatic heterocycles. The van der Waals surface area contributed by atoms with E-state index in [0.29, 0.717) is 27.7 Å². The van der Waals surface area contributed by atoms with Crippen LogP contribution in [0.2, 0.25) is 10.0 Å². The summed E-state index contributed by atoms with van der Waals surface area (Å²) in [6.45, 7) is 1.28. The highest BCUT2D eigenvalue weighted by atomic mass is 35.5. The number of rotatable bonds is 11. The van der Waals surface area contributed by atoms with E-state index in [1.54, 1.807) is 48.5 Å². The van der Waals surface area contributed by atoms with Gasteiger partial charge in [-0.3, -0.25) is 9.59 Å². The van der Waals surface area contributed by atoms with Gasteiger partial charge in [-0.05, 0) is 43.5 Å². The van der Waals surface area contributed by atoms with Gasteiger partial charge in [0, 0.05) is 42.3 Å². The van der Waals surface area contributed by atoms with E-state index < -0.39 is 28.7 Å². The number of hydrogen-bond acceptors (Lipinski definition) is 4. The van der Waals surface area contributed by atoms with Gasteiger partial charge in [-0.25, -0.2) is 4.31 Å². The first-order chi connectivity index (χ1) is 17.6. The Morgan fingerprint density at radius 2 is 1.59 bits per heavy atom. The first kappa shape index (κ1) is 29.2. The summed E-state index contributed by atoms with van der Waals surface area (Å²) in [6, 6.07) is 12.7. The molecule has 0 bridgehead atoms. The number of para-hydroxylation sites is 1. The Morgan fingerprint density at radius 1 is 1.00 bits per heavy atom. The standard InChI is InChI=1S/C26H34Cl2N4O4S/c1-4-24(26(34)29-19-11-8-9-12-19)31(17-21-22(27)15-10-16-23(21)28)25(33)18-32(37(35,36)30(2)3)20-13-6-5-7-14-20/h5-7,10,13-16,19,24H,4,8-9,11-12,17-18H2,1-3H3,(H,29,34)/t24-/m1/s1. The molecular weight excluding hydrogens is 535 g/mol. The molecule has 0 spiro atoms. The number of carbonyl (C=O) groups excluding carboxylic acids is 2. The molecule has 1 saturated carbocycles. The van der Waals surface area contributed by atoms with Crippen molar-refractivity contribution in [1.29, 1.82) is 0 Å². The molecule has 0 aliphatic heterocycles. The van der Waals surface area contributed by atoms with Crippen LogP contribution in [-0.2, 0) is 26.3 Å². The minimum absolute atomic E-state index is 0.0431. The lowest BCUT2D eigenvalue weighted by atomic mass is 10.1. The van der Waals surface area contributed by atoms with Crippen LogP contribution in [-0.4, -0.2) is 62.2 Å². The number of halogens is 2. The van der Waals surface area contributed by atoms with Gasteiger partial charge in [-0.15, -0.1) is 0 Å². The Labute approximate surface area is 229 Å². The van der Waals surface area contributed by atoms with Gasteiger partial charge < -0.3 is 10.2 Å². The van der Waals surface area contributed by atoms with E-state index in [0.717, 1.165) is 34.3 Å². The molecule has 3 rings (SSSR count). The normalized spacial score (nSPS) is 15.0. The molecule has 0 unspecified atom stereocenters. The summed E-state index contributed by atoms with van der Waals surface area (Å²) >= 11 is 12.8. The van der Waals surface area contributed by atoms with E-state index >= 15 is 0 Å². The Bertz CT molecular complexity index is 1170. The van der Waals surface area contributed by atoms with E-state index in [4.69, 9.17) is 23.2 Å². The van der Waals surface area contributed by atoms with Crippen LogP contribution in [0, 0.1) is 0 Å². The lowest BCUT2D eigenvalue weighted by Gasteiger charge is -2.34. The van der Waals surface area contributed by atoms with E-state index in [-0.39, 0.29) is 18.5 Å². The summed E-state index contributed by atoms with van der Waals surface area (Å²) in [5.41, 5.74) is 0.830. The molecule has 1 N–H and O–H groups in total. The average molecular weight is 570 g/mol. The van der Waals surface area contributed by atoms with Crippen LogP contribution in [0.4, 0.5) is 5.69 Å². The highest BCUT2D eigenvalue weighted by Crippen LogP contribution is 2.28. The molecule has 8 nitrogen and oxygen atoms in total. The quantitative estimate of drug-likeness (QED) is 0.433. The molecule has 37 heavy (non-hydrogen) atoms. The van der Waals surface area contributed by atoms with Gasteiger partial charge in [-0.2, -0.15) is 12.7 Å². The van der Waals surface area contributed by atoms with E-state index in [2.05, 4.69) is 5.32 Å². The highest BCUT2D eigenvalue weighted by Gasteiger charge is 2.35. The van der Waals surface area contributed by atoms with E-state index in [1.165, 1.54) is 19.0 Å². The van der Waals surface area contributed by atoms with Crippen molar-refractivity contribution in [2.45, 2.75) is 57.7 Å². The molecule has 2 aromatic carbocycles. The summed E-state index contributed by atoms with van der Waals surface area (Å²) in [5.74, 6) is -0.814. The predicted molar refractivity (Wildman–Crippen MR) is 148 cm³/mol. The SMILES string of the molecule is CC[C@H](C(=O)NC1CCCC1)N(Cc1c(Cl)cccc1Cl)C(=O)CN(c1ccccc1)S(=O)(=O)N(C)C. The molecule has 11 heteroatoms. The number of nitrogens with zero attached hydrogens (tertiary/aromatic N) is 3. The Balaban J connectivity index is 1.99. The zero-order valence-corrected chi connectivity index (χ0v) is 23.7. The first-order valence-corrected chi connectivity index (χ1v) is 14.5. The number of amides is 2. The number of carbonyl (C=O) groups is 2. The smallest absolute Gasteiger partial charge is 0.304 e. The van der Waals surface area contributed by atoms with Gasteiger partial charge in [0.15, 0.2) is 0 Å². The second-order valence-corrected chi connectivity index (χ2v) is 12.1. The van der Waals surface area contributed by atoms with Crippen molar-refractivity contribution in [3.05, 3.63) is 64.1 Å². The Morgan fingerprint density at radius 3 is 2.14 bits per heavy atom. The maximum atomic E-state index is 13.9. The van der Waals surface area contributed by atoms with Crippen molar-refractivity contribution >= 4 is 50.9 Å². The minimum atomic E-state index is -4.01. The van der Waals surface area contributed by atoms with Crippen LogP contribution in [0.5, 0.6) is 0 Å². The summed E-state index contributed by atoms with van der Waals surface area (Å²) in [4.78, 5) is 28.7. The Hall–Kier alpha value is -2.33. The molecule has 202 valence electrons. The average Bonchev–Trinajstić information content (AvgIpc) is 3.37. The van der Waals surface area contributed by atoms with Crippen LogP contribution in [0.15, 0.2) is 48.5 Å². The molecule has 1 atom stereocenters. The van der Waals surface area contributed by atoms with Crippen molar-refractivity contribution in [3.8, 4) is 0 Å². The van der Waals surface area contributed by atoms with Crippen LogP contribution < -0.4 is 9.62 Å². The van der Waals surface area contributed by atoms with Gasteiger partial charge >= 0.3 is 10.2 Å². The lowest BCUT2D eigenvalue weighted by Crippen LogP contribution is -2.54. The van der Waals surface area contributed by atoms with Crippen molar-refractivity contribution < 1.29 is 18.0 Å². The van der Waals surface area contributed by atoms with Crippen molar-refractivity contribution in [2.75, 3.05) is 24.9 Å². The largest absolute Gasteiger partial charge is 0.352 e. The van der Waals surface area contributed by atoms with Crippen LogP contribution in [0.3, 0.4) is 0 Å². The van der Waals surface area contributed by atoms with E-state index in [1.807, 2.05) is 6.92 Å². The monoisotopic (exact) mass is 568 g/mol. The highest BCUT2D eigenvalue weighted by molar-refractivity contribution is 7.90. The molecule has 1 aliphatic rings. The summed E-state index contributed by atoms with van der Waals surface area (Å²) in [5, 5.41) is 3.79. The van der Waals surface area contributed by atoms with Crippen LogP contribution in [0.25, 0.3) is 0 Å². The molecule has 0 saturated heterocycles. The third-order valence-electron chi connectivity index (χ3n) is 6.54. The van der Waals surface area contributed by atoms with Crippen molar-refractivity contribution in [1.82, 2.24) is 14.5 Å². The van der Waals surface area contributed by atoms with Crippen LogP contribution >= 0.6 is 23.2 Å². The maximum Gasteiger partial charge on any atom is 0.304 e.